The lowest BCUT2D eigenvalue weighted by atomic mass is 9.99. The number of carbonyl (C=O) groups excluding carboxylic acids is 2. The van der Waals surface area contributed by atoms with E-state index in [1.807, 2.05) is 60.7 Å². The Morgan fingerprint density at radius 2 is 1.33 bits per heavy atom. The summed E-state index contributed by atoms with van der Waals surface area (Å²) in [5, 5.41) is 15.3. The summed E-state index contributed by atoms with van der Waals surface area (Å²) in [6.07, 6.45) is 1.80. The molecule has 10 heteroatoms. The zero-order chi connectivity index (χ0) is 35.4. The molecule has 5 N–H and O–H groups in total. The maximum Gasteiger partial charge on any atom is 0.224 e. The predicted molar refractivity (Wildman–Crippen MR) is 200 cm³/mol. The molecule has 0 saturated carbocycles. The Kier molecular flexibility index (Phi) is 12.8. The molecule has 0 unspecified atom stereocenters. The van der Waals surface area contributed by atoms with Crippen LogP contribution < -0.4 is 16.4 Å². The van der Waals surface area contributed by atoms with Crippen LogP contribution in [-0.4, -0.2) is 65.5 Å². The highest BCUT2D eigenvalue weighted by atomic mass is 16.7. The molecule has 0 spiro atoms. The number of benzene rings is 4. The van der Waals surface area contributed by atoms with Gasteiger partial charge < -0.3 is 30.9 Å². The lowest BCUT2D eigenvalue weighted by molar-refractivity contribution is -0.253. The van der Waals surface area contributed by atoms with Crippen molar-refractivity contribution < 1.29 is 24.2 Å². The fourth-order valence-electron chi connectivity index (χ4n) is 6.63. The molecule has 2 saturated heterocycles. The van der Waals surface area contributed by atoms with Crippen LogP contribution in [0.5, 0.6) is 0 Å². The zero-order valence-electron chi connectivity index (χ0n) is 29.1. The van der Waals surface area contributed by atoms with Crippen molar-refractivity contribution in [1.29, 1.82) is 0 Å². The first-order chi connectivity index (χ1) is 24.9. The lowest BCUT2D eigenvalue weighted by Gasteiger charge is -2.40. The number of aliphatic hydroxyl groups is 1. The molecule has 0 aromatic heterocycles. The number of nitrogens with two attached hydrogens (primary N) is 1. The minimum Gasteiger partial charge on any atom is -0.397 e. The van der Waals surface area contributed by atoms with Crippen molar-refractivity contribution in [2.45, 2.75) is 63.8 Å². The Labute approximate surface area is 300 Å². The van der Waals surface area contributed by atoms with E-state index < -0.39 is 6.29 Å². The molecule has 0 radical (unpaired) electrons. The number of anilines is 3. The number of amides is 2. The summed E-state index contributed by atoms with van der Waals surface area (Å²) in [6, 6.07) is 33.3. The maximum atomic E-state index is 12.7. The number of rotatable bonds is 14. The van der Waals surface area contributed by atoms with Crippen LogP contribution in [0, 0.1) is 0 Å². The number of hydrogen-bond donors (Lipinski definition) is 4. The van der Waals surface area contributed by atoms with Gasteiger partial charge in [0.05, 0.1) is 30.2 Å². The Morgan fingerprint density at radius 1 is 0.706 bits per heavy atom. The summed E-state index contributed by atoms with van der Waals surface area (Å²) in [6.45, 7) is 5.79. The van der Waals surface area contributed by atoms with Crippen LogP contribution >= 0.6 is 0 Å². The molecule has 6 rings (SSSR count). The van der Waals surface area contributed by atoms with E-state index in [9.17, 15) is 14.7 Å². The van der Waals surface area contributed by atoms with Crippen molar-refractivity contribution in [2.24, 2.45) is 0 Å². The Bertz CT molecular complexity index is 1690. The van der Waals surface area contributed by atoms with E-state index in [0.717, 1.165) is 62.4 Å². The second-order valence-electron chi connectivity index (χ2n) is 13.4. The molecule has 4 aromatic rings. The standard InChI is InChI=1S/C41H49N5O5/c42-36-10-4-5-11-37(36)44-40(49)13-7-6-12-39(48)43-34-20-18-33(19-21-34)41-50-35(26-38(51-41)32-16-14-31(29-47)15-17-32)28-46-24-22-45(23-25-46)27-30-8-2-1-3-9-30/h1-5,8-11,14-21,35,38,41,47H,6-7,12-13,22-29,42H2,(H,43,48)(H,44,49)/t35-,38+,41+/m1/s1. The molecule has 2 aliphatic heterocycles. The highest BCUT2D eigenvalue weighted by Crippen LogP contribution is 2.38. The number of aliphatic hydroxyl groups excluding tert-OH is 1. The Hall–Kier alpha value is -4.58. The van der Waals surface area contributed by atoms with Crippen molar-refractivity contribution in [3.8, 4) is 0 Å². The van der Waals surface area contributed by atoms with Gasteiger partial charge in [-0.05, 0) is 53.8 Å². The normalized spacial score (nSPS) is 19.7. The fourth-order valence-corrected chi connectivity index (χ4v) is 6.63. The maximum absolute atomic E-state index is 12.7. The SMILES string of the molecule is Nc1ccccc1NC(=O)CCCCC(=O)Nc1ccc([C@H]2O[C@@H](CN3CCN(Cc4ccccc4)CC3)C[C@@H](c3ccc(CO)cc3)O2)cc1. The molecule has 2 aliphatic rings. The first-order valence-corrected chi connectivity index (χ1v) is 18.0. The highest BCUT2D eigenvalue weighted by molar-refractivity contribution is 5.94. The first-order valence-electron chi connectivity index (χ1n) is 18.0. The summed E-state index contributed by atoms with van der Waals surface area (Å²) in [7, 11) is 0. The van der Waals surface area contributed by atoms with Gasteiger partial charge in [0.25, 0.3) is 0 Å². The molecule has 2 amide bonds. The average molecular weight is 692 g/mol. The van der Waals surface area contributed by atoms with Gasteiger partial charge in [-0.1, -0.05) is 78.9 Å². The molecular formula is C41H49N5O5. The van der Waals surface area contributed by atoms with E-state index in [1.54, 1.807) is 12.1 Å². The van der Waals surface area contributed by atoms with E-state index in [-0.39, 0.29) is 30.6 Å². The lowest BCUT2D eigenvalue weighted by Crippen LogP contribution is -2.49. The van der Waals surface area contributed by atoms with Crippen molar-refractivity contribution >= 4 is 28.9 Å². The molecule has 0 bridgehead atoms. The number of hydrogen-bond acceptors (Lipinski definition) is 8. The van der Waals surface area contributed by atoms with Gasteiger partial charge in [-0.3, -0.25) is 19.4 Å². The summed E-state index contributed by atoms with van der Waals surface area (Å²) in [5.41, 5.74) is 11.9. The van der Waals surface area contributed by atoms with Crippen molar-refractivity contribution in [1.82, 2.24) is 9.80 Å². The van der Waals surface area contributed by atoms with E-state index >= 15 is 0 Å². The van der Waals surface area contributed by atoms with Crippen molar-refractivity contribution in [2.75, 3.05) is 49.1 Å². The van der Waals surface area contributed by atoms with Gasteiger partial charge in [0, 0.05) is 69.8 Å². The fraction of sp³-hybridized carbons (Fsp3) is 0.366. The number of ether oxygens (including phenoxy) is 2. The van der Waals surface area contributed by atoms with Crippen LogP contribution in [0.3, 0.4) is 0 Å². The van der Waals surface area contributed by atoms with Gasteiger partial charge in [0.15, 0.2) is 6.29 Å². The van der Waals surface area contributed by atoms with Gasteiger partial charge in [-0.25, -0.2) is 0 Å². The minimum atomic E-state index is -0.562. The van der Waals surface area contributed by atoms with Gasteiger partial charge in [-0.15, -0.1) is 0 Å². The first kappa shape index (κ1) is 36.2. The molecule has 3 atom stereocenters. The average Bonchev–Trinajstić information content (AvgIpc) is 3.16. The summed E-state index contributed by atoms with van der Waals surface area (Å²) < 4.78 is 13.1. The molecule has 0 aliphatic carbocycles. The molecule has 2 heterocycles. The Morgan fingerprint density at radius 3 is 2.02 bits per heavy atom. The number of nitrogen functional groups attached to an aromatic ring is 1. The van der Waals surface area contributed by atoms with Crippen LogP contribution in [0.4, 0.5) is 17.1 Å². The minimum absolute atomic E-state index is 0.00113. The molecule has 2 fully saturated rings. The number of para-hydroxylation sites is 2. The topological polar surface area (TPSA) is 129 Å². The summed E-state index contributed by atoms with van der Waals surface area (Å²) in [5.74, 6) is -0.222. The van der Waals surface area contributed by atoms with Crippen LogP contribution in [0.25, 0.3) is 0 Å². The van der Waals surface area contributed by atoms with E-state index in [1.165, 1.54) is 5.56 Å². The molecule has 51 heavy (non-hydrogen) atoms. The van der Waals surface area contributed by atoms with Crippen LogP contribution in [-0.2, 0) is 32.2 Å². The number of nitrogens with zero attached hydrogens (tertiary/aromatic N) is 2. The van der Waals surface area contributed by atoms with E-state index in [2.05, 4.69) is 50.8 Å². The third kappa shape index (κ3) is 10.7. The predicted octanol–water partition coefficient (Wildman–Crippen LogP) is 6.26. The smallest absolute Gasteiger partial charge is 0.224 e. The van der Waals surface area contributed by atoms with Crippen LogP contribution in [0.1, 0.15) is 66.8 Å². The van der Waals surface area contributed by atoms with Gasteiger partial charge in [-0.2, -0.15) is 0 Å². The number of unbranched alkanes of at least 4 members (excludes halogenated alkanes) is 1. The molecule has 10 nitrogen and oxygen atoms in total. The third-order valence-corrected chi connectivity index (χ3v) is 9.55. The summed E-state index contributed by atoms with van der Waals surface area (Å²) in [4.78, 5) is 29.9. The van der Waals surface area contributed by atoms with Crippen LogP contribution in [0.2, 0.25) is 0 Å². The largest absolute Gasteiger partial charge is 0.397 e. The van der Waals surface area contributed by atoms with Crippen LogP contribution in [0.15, 0.2) is 103 Å². The number of nitrogens with one attached hydrogen (secondary N) is 2. The number of carbonyl (C=O) groups is 2. The second-order valence-corrected chi connectivity index (χ2v) is 13.4. The van der Waals surface area contributed by atoms with Crippen molar-refractivity contribution in [3.63, 3.8) is 0 Å². The van der Waals surface area contributed by atoms with E-state index in [4.69, 9.17) is 15.2 Å². The van der Waals surface area contributed by atoms with Gasteiger partial charge >= 0.3 is 0 Å². The van der Waals surface area contributed by atoms with Gasteiger partial charge in [0.1, 0.15) is 0 Å². The monoisotopic (exact) mass is 691 g/mol. The quantitative estimate of drug-likeness (QED) is 0.0901. The molecule has 4 aromatic carbocycles. The van der Waals surface area contributed by atoms with Crippen molar-refractivity contribution in [3.05, 3.63) is 125 Å². The molecular weight excluding hydrogens is 642 g/mol. The number of piperazine rings is 1. The zero-order valence-corrected chi connectivity index (χ0v) is 29.1. The Balaban J connectivity index is 1.00. The molecule has 268 valence electrons. The second kappa shape index (κ2) is 18.1. The van der Waals surface area contributed by atoms with Gasteiger partial charge in [0.2, 0.25) is 11.8 Å². The third-order valence-electron chi connectivity index (χ3n) is 9.55. The highest BCUT2D eigenvalue weighted by Gasteiger charge is 2.34. The summed E-state index contributed by atoms with van der Waals surface area (Å²) >= 11 is 0. The van der Waals surface area contributed by atoms with E-state index in [0.29, 0.717) is 42.7 Å².